The van der Waals surface area contributed by atoms with Crippen LogP contribution in [0.15, 0.2) is 67.0 Å². The second kappa shape index (κ2) is 7.94. The third-order valence-electron chi connectivity index (χ3n) is 7.53. The number of pyridine rings is 1. The van der Waals surface area contributed by atoms with Crippen LogP contribution in [0.2, 0.25) is 5.02 Å². The van der Waals surface area contributed by atoms with Crippen LogP contribution in [0.1, 0.15) is 50.5 Å². The molecule has 2 fully saturated rings. The SMILES string of the molecule is C=C(Nc1ccc(Cl)cc1)C(CC)C1CC2(CC(c3ccnc4ccc(F)cc34)C2)C1. The second-order valence-electron chi connectivity index (χ2n) is 9.51. The summed E-state index contributed by atoms with van der Waals surface area (Å²) >= 11 is 6.00. The Bertz CT molecular complexity index is 1110. The summed E-state index contributed by atoms with van der Waals surface area (Å²) in [5, 5.41) is 5.22. The lowest BCUT2D eigenvalue weighted by molar-refractivity contribution is -0.0587. The molecule has 0 aliphatic heterocycles. The number of hydrogen-bond donors (Lipinski definition) is 1. The molecule has 2 aromatic carbocycles. The molecule has 0 amide bonds. The molecule has 1 unspecified atom stereocenters. The molecule has 2 aliphatic rings. The minimum atomic E-state index is -0.183. The molecular weight excluding hydrogens is 407 g/mol. The first-order valence-electron chi connectivity index (χ1n) is 11.2. The van der Waals surface area contributed by atoms with E-state index in [1.807, 2.05) is 30.5 Å². The van der Waals surface area contributed by atoms with Crippen LogP contribution in [0.25, 0.3) is 10.9 Å². The lowest BCUT2D eigenvalue weighted by atomic mass is 9.45. The van der Waals surface area contributed by atoms with Gasteiger partial charge in [0.1, 0.15) is 5.82 Å². The largest absolute Gasteiger partial charge is 0.359 e. The number of benzene rings is 2. The zero-order valence-electron chi connectivity index (χ0n) is 17.9. The molecule has 1 atom stereocenters. The number of fused-ring (bicyclic) bond motifs is 1. The van der Waals surface area contributed by atoms with Gasteiger partial charge in [0, 0.05) is 33.9 Å². The highest BCUT2D eigenvalue weighted by molar-refractivity contribution is 6.30. The van der Waals surface area contributed by atoms with Crippen LogP contribution < -0.4 is 5.32 Å². The molecule has 0 saturated heterocycles. The van der Waals surface area contributed by atoms with E-state index in [-0.39, 0.29) is 5.82 Å². The highest BCUT2D eigenvalue weighted by Gasteiger charge is 2.54. The van der Waals surface area contributed by atoms with E-state index in [9.17, 15) is 4.39 Å². The predicted molar refractivity (Wildman–Crippen MR) is 127 cm³/mol. The molecule has 1 N–H and O–H groups in total. The van der Waals surface area contributed by atoms with Crippen LogP contribution in [-0.2, 0) is 0 Å². The maximum absolute atomic E-state index is 13.8. The Morgan fingerprint density at radius 3 is 2.61 bits per heavy atom. The van der Waals surface area contributed by atoms with Crippen LogP contribution >= 0.6 is 11.6 Å². The molecule has 2 saturated carbocycles. The van der Waals surface area contributed by atoms with Crippen LogP contribution in [0.3, 0.4) is 0 Å². The summed E-state index contributed by atoms with van der Waals surface area (Å²) in [6.07, 6.45) is 7.89. The molecule has 0 bridgehead atoms. The maximum atomic E-state index is 13.8. The van der Waals surface area contributed by atoms with E-state index < -0.39 is 0 Å². The molecule has 2 nitrogen and oxygen atoms in total. The van der Waals surface area contributed by atoms with Gasteiger partial charge in [0.25, 0.3) is 0 Å². The first kappa shape index (κ1) is 20.5. The monoisotopic (exact) mass is 434 g/mol. The van der Waals surface area contributed by atoms with Gasteiger partial charge in [0.15, 0.2) is 0 Å². The smallest absolute Gasteiger partial charge is 0.123 e. The number of allylic oxidation sites excluding steroid dienone is 1. The summed E-state index contributed by atoms with van der Waals surface area (Å²) in [4.78, 5) is 4.41. The molecule has 3 aromatic rings. The normalized spacial score (nSPS) is 25.6. The van der Waals surface area contributed by atoms with Crippen LogP contribution in [-0.4, -0.2) is 4.98 Å². The van der Waals surface area contributed by atoms with Gasteiger partial charge in [-0.1, -0.05) is 25.1 Å². The third kappa shape index (κ3) is 3.85. The molecule has 160 valence electrons. The Morgan fingerprint density at radius 2 is 1.90 bits per heavy atom. The molecule has 0 radical (unpaired) electrons. The third-order valence-corrected chi connectivity index (χ3v) is 7.78. The van der Waals surface area contributed by atoms with Gasteiger partial charge in [-0.05, 0) is 103 Å². The van der Waals surface area contributed by atoms with Gasteiger partial charge in [0.05, 0.1) is 5.52 Å². The summed E-state index contributed by atoms with van der Waals surface area (Å²) in [6, 6.07) is 14.8. The van der Waals surface area contributed by atoms with Crippen molar-refractivity contribution in [2.24, 2.45) is 17.3 Å². The van der Waals surface area contributed by atoms with E-state index in [4.69, 9.17) is 11.6 Å². The molecule has 5 rings (SSSR count). The Kier molecular flexibility index (Phi) is 5.26. The van der Waals surface area contributed by atoms with Gasteiger partial charge in [-0.2, -0.15) is 0 Å². The van der Waals surface area contributed by atoms with Crippen molar-refractivity contribution < 1.29 is 4.39 Å². The van der Waals surface area contributed by atoms with Gasteiger partial charge in [0.2, 0.25) is 0 Å². The molecule has 1 heterocycles. The Morgan fingerprint density at radius 1 is 1.16 bits per heavy atom. The lowest BCUT2D eigenvalue weighted by Crippen LogP contribution is -2.49. The van der Waals surface area contributed by atoms with Crippen molar-refractivity contribution in [1.29, 1.82) is 0 Å². The van der Waals surface area contributed by atoms with E-state index in [1.54, 1.807) is 12.1 Å². The second-order valence-corrected chi connectivity index (χ2v) is 9.94. The van der Waals surface area contributed by atoms with E-state index in [0.717, 1.165) is 33.7 Å². The van der Waals surface area contributed by atoms with Gasteiger partial charge in [-0.3, -0.25) is 4.98 Å². The van der Waals surface area contributed by atoms with E-state index in [1.165, 1.54) is 37.3 Å². The Hall–Kier alpha value is -2.39. The van der Waals surface area contributed by atoms with Crippen molar-refractivity contribution in [2.45, 2.75) is 44.9 Å². The topological polar surface area (TPSA) is 24.9 Å². The molecule has 1 spiro atoms. The van der Waals surface area contributed by atoms with Gasteiger partial charge < -0.3 is 5.32 Å². The van der Waals surface area contributed by atoms with Crippen molar-refractivity contribution in [3.8, 4) is 0 Å². The van der Waals surface area contributed by atoms with Gasteiger partial charge >= 0.3 is 0 Å². The fourth-order valence-corrected chi connectivity index (χ4v) is 6.17. The lowest BCUT2D eigenvalue weighted by Gasteiger charge is -2.60. The summed E-state index contributed by atoms with van der Waals surface area (Å²) in [6.45, 7) is 6.61. The summed E-state index contributed by atoms with van der Waals surface area (Å²) < 4.78 is 13.8. The maximum Gasteiger partial charge on any atom is 0.123 e. The number of rotatable bonds is 6. The molecular formula is C27H28ClFN2. The zero-order valence-corrected chi connectivity index (χ0v) is 18.6. The standard InChI is InChI=1S/C27H28ClFN2/c1-3-23(17(2)31-22-7-4-20(28)5-8-22)18-13-27(14-18)15-19(16-27)24-10-11-30-26-9-6-21(29)12-25(24)26/h4-12,18-19,23,31H,2-3,13-16H2,1H3. The summed E-state index contributed by atoms with van der Waals surface area (Å²) in [5.74, 6) is 1.50. The van der Waals surface area contributed by atoms with Crippen LogP contribution in [0, 0.1) is 23.1 Å². The zero-order chi connectivity index (χ0) is 21.6. The first-order valence-corrected chi connectivity index (χ1v) is 11.6. The minimum Gasteiger partial charge on any atom is -0.359 e. The average molecular weight is 435 g/mol. The van der Waals surface area contributed by atoms with E-state index >= 15 is 0 Å². The first-order chi connectivity index (χ1) is 15.0. The van der Waals surface area contributed by atoms with Gasteiger partial charge in [-0.15, -0.1) is 0 Å². The fraction of sp³-hybridized carbons (Fsp3) is 0.370. The summed E-state index contributed by atoms with van der Waals surface area (Å²) in [7, 11) is 0. The quantitative estimate of drug-likeness (QED) is 0.425. The van der Waals surface area contributed by atoms with E-state index in [0.29, 0.717) is 23.2 Å². The number of nitrogens with zero attached hydrogens (tertiary/aromatic N) is 1. The van der Waals surface area contributed by atoms with Gasteiger partial charge in [-0.25, -0.2) is 4.39 Å². The van der Waals surface area contributed by atoms with Crippen molar-refractivity contribution in [2.75, 3.05) is 5.32 Å². The van der Waals surface area contributed by atoms with E-state index in [2.05, 4.69) is 29.9 Å². The Balaban J connectivity index is 1.22. The van der Waals surface area contributed by atoms with Crippen molar-refractivity contribution >= 4 is 28.2 Å². The van der Waals surface area contributed by atoms with Crippen LogP contribution in [0.4, 0.5) is 10.1 Å². The molecule has 1 aromatic heterocycles. The van der Waals surface area contributed by atoms with Crippen molar-refractivity contribution in [3.63, 3.8) is 0 Å². The molecule has 4 heteroatoms. The number of anilines is 1. The van der Waals surface area contributed by atoms with Crippen molar-refractivity contribution in [1.82, 2.24) is 4.98 Å². The summed E-state index contributed by atoms with van der Waals surface area (Å²) in [5.41, 5.74) is 4.77. The molecule has 31 heavy (non-hydrogen) atoms. The number of aromatic nitrogens is 1. The average Bonchev–Trinajstić information content (AvgIpc) is 2.70. The van der Waals surface area contributed by atoms with Crippen molar-refractivity contribution in [3.05, 3.63) is 83.4 Å². The number of halogens is 2. The highest BCUT2D eigenvalue weighted by Crippen LogP contribution is 2.66. The highest BCUT2D eigenvalue weighted by atomic mass is 35.5. The number of hydrogen-bond acceptors (Lipinski definition) is 2. The van der Waals surface area contributed by atoms with Crippen LogP contribution in [0.5, 0.6) is 0 Å². The predicted octanol–water partition coefficient (Wildman–Crippen LogP) is 7.95. The fourth-order valence-electron chi connectivity index (χ4n) is 6.05. The minimum absolute atomic E-state index is 0.183. The number of nitrogens with one attached hydrogen (secondary N) is 1. The molecule has 2 aliphatic carbocycles. The Labute approximate surface area is 188 Å².